The fourth-order valence-corrected chi connectivity index (χ4v) is 1.82. The quantitative estimate of drug-likeness (QED) is 0.768. The first-order chi connectivity index (χ1) is 8.41. The zero-order valence-electron chi connectivity index (χ0n) is 10.3. The van der Waals surface area contributed by atoms with Crippen molar-refractivity contribution in [3.05, 3.63) is 52.3 Å². The van der Waals surface area contributed by atoms with Crippen LogP contribution in [0.4, 0.5) is 8.78 Å². The van der Waals surface area contributed by atoms with Gasteiger partial charge in [0.15, 0.2) is 0 Å². The van der Waals surface area contributed by atoms with Crippen molar-refractivity contribution in [2.45, 2.75) is 13.8 Å². The third-order valence-electron chi connectivity index (χ3n) is 2.77. The molecule has 0 aliphatic carbocycles. The molecule has 0 atom stereocenters. The molecule has 2 rings (SSSR count). The van der Waals surface area contributed by atoms with E-state index >= 15 is 0 Å². The summed E-state index contributed by atoms with van der Waals surface area (Å²) in [6.07, 6.45) is 1.46. The van der Waals surface area contributed by atoms with E-state index in [1.165, 1.54) is 23.9 Å². The minimum Gasteiger partial charge on any atom is -0.288 e. The molecule has 0 unspecified atom stereocenters. The summed E-state index contributed by atoms with van der Waals surface area (Å²) in [5.41, 5.74) is 0.371. The molecule has 0 N–H and O–H groups in total. The molecule has 3 nitrogen and oxygen atoms in total. The maximum Gasteiger partial charge on any atom is 0.202 e. The van der Waals surface area contributed by atoms with E-state index in [9.17, 15) is 13.6 Å². The fraction of sp³-hybridized carbons (Fsp3) is 0.231. The highest BCUT2D eigenvalue weighted by atomic mass is 19.1. The topological polar surface area (TPSA) is 34.9 Å². The largest absolute Gasteiger partial charge is 0.288 e. The lowest BCUT2D eigenvalue weighted by Gasteiger charge is -2.05. The van der Waals surface area contributed by atoms with E-state index in [1.807, 2.05) is 0 Å². The van der Waals surface area contributed by atoms with Crippen molar-refractivity contribution in [2.24, 2.45) is 7.05 Å². The molecule has 1 heterocycles. The molecule has 0 bridgehead atoms. The number of benzene rings is 1. The van der Waals surface area contributed by atoms with E-state index in [0.717, 1.165) is 6.07 Å². The Hall–Kier alpha value is -2.04. The molecule has 0 spiro atoms. The summed E-state index contributed by atoms with van der Waals surface area (Å²) in [4.78, 5) is 12.1. The minimum atomic E-state index is -0.855. The Labute approximate surface area is 103 Å². The summed E-state index contributed by atoms with van der Waals surface area (Å²) in [6.45, 7) is 3.11. The summed E-state index contributed by atoms with van der Waals surface area (Å²) in [5.74, 6) is -2.35. The number of aromatic nitrogens is 2. The van der Waals surface area contributed by atoms with Gasteiger partial charge in [0.05, 0.1) is 16.8 Å². The van der Waals surface area contributed by atoms with E-state index in [0.29, 0.717) is 5.69 Å². The first-order valence-electron chi connectivity index (χ1n) is 5.41. The SMILES string of the molecule is Cc1ccc(F)c(C(=O)c2cn(C)nc2C)c1F. The predicted molar refractivity (Wildman–Crippen MR) is 62.5 cm³/mol. The molecule has 0 saturated heterocycles. The highest BCUT2D eigenvalue weighted by Crippen LogP contribution is 2.21. The van der Waals surface area contributed by atoms with Crippen molar-refractivity contribution < 1.29 is 13.6 Å². The molecule has 0 fully saturated rings. The van der Waals surface area contributed by atoms with Crippen LogP contribution in [0.5, 0.6) is 0 Å². The Balaban J connectivity index is 2.60. The zero-order chi connectivity index (χ0) is 13.4. The Morgan fingerprint density at radius 2 is 1.94 bits per heavy atom. The summed E-state index contributed by atoms with van der Waals surface area (Å²) in [7, 11) is 1.65. The normalized spacial score (nSPS) is 10.7. The summed E-state index contributed by atoms with van der Waals surface area (Å²) >= 11 is 0. The van der Waals surface area contributed by atoms with Crippen molar-refractivity contribution >= 4 is 5.78 Å². The zero-order valence-corrected chi connectivity index (χ0v) is 10.3. The van der Waals surface area contributed by atoms with Gasteiger partial charge in [-0.15, -0.1) is 0 Å². The number of hydrogen-bond donors (Lipinski definition) is 0. The summed E-state index contributed by atoms with van der Waals surface area (Å²) < 4.78 is 28.9. The van der Waals surface area contributed by atoms with Gasteiger partial charge in [0.1, 0.15) is 11.6 Å². The van der Waals surface area contributed by atoms with Gasteiger partial charge in [-0.1, -0.05) is 6.07 Å². The molecule has 94 valence electrons. The molecule has 0 aliphatic rings. The van der Waals surface area contributed by atoms with Crippen LogP contribution in [0.1, 0.15) is 27.2 Å². The molecular weight excluding hydrogens is 238 g/mol. The highest BCUT2D eigenvalue weighted by Gasteiger charge is 2.23. The van der Waals surface area contributed by atoms with Gasteiger partial charge in [-0.25, -0.2) is 8.78 Å². The standard InChI is InChI=1S/C13H12F2N2O/c1-7-4-5-10(14)11(12(7)15)13(18)9-6-17(3)16-8(9)2/h4-6H,1-3H3. The van der Waals surface area contributed by atoms with Crippen LogP contribution in [0.25, 0.3) is 0 Å². The van der Waals surface area contributed by atoms with Crippen LogP contribution >= 0.6 is 0 Å². The molecular formula is C13H12F2N2O. The van der Waals surface area contributed by atoms with E-state index in [4.69, 9.17) is 0 Å². The number of rotatable bonds is 2. The lowest BCUT2D eigenvalue weighted by molar-refractivity contribution is 0.103. The average Bonchev–Trinajstić information content (AvgIpc) is 2.63. The second-order valence-electron chi connectivity index (χ2n) is 4.18. The lowest BCUT2D eigenvalue weighted by atomic mass is 10.0. The fourth-order valence-electron chi connectivity index (χ4n) is 1.82. The number of hydrogen-bond acceptors (Lipinski definition) is 2. The molecule has 2 aromatic rings. The van der Waals surface area contributed by atoms with E-state index in [2.05, 4.69) is 5.10 Å². The van der Waals surface area contributed by atoms with E-state index in [1.54, 1.807) is 14.0 Å². The Bertz CT molecular complexity index is 632. The summed E-state index contributed by atoms with van der Waals surface area (Å²) in [5, 5.41) is 3.99. The predicted octanol–water partition coefficient (Wildman–Crippen LogP) is 2.55. The molecule has 5 heteroatoms. The Morgan fingerprint density at radius 3 is 2.50 bits per heavy atom. The number of ketones is 1. The van der Waals surface area contributed by atoms with Crippen molar-refractivity contribution in [3.8, 4) is 0 Å². The minimum absolute atomic E-state index is 0.209. The monoisotopic (exact) mass is 250 g/mol. The number of carbonyl (C=O) groups excluding carboxylic acids is 1. The van der Waals surface area contributed by atoms with Gasteiger partial charge in [0, 0.05) is 13.2 Å². The number of halogens is 2. The molecule has 1 aromatic carbocycles. The number of nitrogens with zero attached hydrogens (tertiary/aromatic N) is 2. The van der Waals surface area contributed by atoms with Crippen LogP contribution in [0.2, 0.25) is 0 Å². The van der Waals surface area contributed by atoms with Crippen LogP contribution in [-0.2, 0) is 7.05 Å². The van der Waals surface area contributed by atoms with Gasteiger partial charge < -0.3 is 0 Å². The molecule has 18 heavy (non-hydrogen) atoms. The maximum atomic E-state index is 13.8. The van der Waals surface area contributed by atoms with Gasteiger partial charge in [0.25, 0.3) is 0 Å². The first kappa shape index (κ1) is 12.4. The molecule has 0 radical (unpaired) electrons. The Kier molecular flexibility index (Phi) is 2.98. The van der Waals surface area contributed by atoms with Gasteiger partial charge in [-0.2, -0.15) is 5.10 Å². The van der Waals surface area contributed by atoms with Crippen molar-refractivity contribution in [3.63, 3.8) is 0 Å². The average molecular weight is 250 g/mol. The van der Waals surface area contributed by atoms with Gasteiger partial charge in [-0.05, 0) is 25.5 Å². The van der Waals surface area contributed by atoms with Crippen molar-refractivity contribution in [1.82, 2.24) is 9.78 Å². The van der Waals surface area contributed by atoms with Crippen LogP contribution in [0.3, 0.4) is 0 Å². The van der Waals surface area contributed by atoms with Crippen LogP contribution < -0.4 is 0 Å². The van der Waals surface area contributed by atoms with Gasteiger partial charge >= 0.3 is 0 Å². The van der Waals surface area contributed by atoms with E-state index in [-0.39, 0.29) is 11.1 Å². The van der Waals surface area contributed by atoms with E-state index < -0.39 is 23.0 Å². The number of aryl methyl sites for hydroxylation is 3. The molecule has 0 aliphatic heterocycles. The third-order valence-corrected chi connectivity index (χ3v) is 2.77. The number of carbonyl (C=O) groups is 1. The maximum absolute atomic E-state index is 13.8. The molecule has 0 saturated carbocycles. The van der Waals surface area contributed by atoms with Crippen molar-refractivity contribution in [1.29, 1.82) is 0 Å². The second-order valence-corrected chi connectivity index (χ2v) is 4.18. The van der Waals surface area contributed by atoms with Crippen molar-refractivity contribution in [2.75, 3.05) is 0 Å². The highest BCUT2D eigenvalue weighted by molar-refractivity contribution is 6.10. The first-order valence-corrected chi connectivity index (χ1v) is 5.41. The molecule has 1 aromatic heterocycles. The summed E-state index contributed by atoms with van der Waals surface area (Å²) in [6, 6.07) is 2.40. The van der Waals surface area contributed by atoms with Crippen LogP contribution in [0, 0.1) is 25.5 Å². The smallest absolute Gasteiger partial charge is 0.202 e. The Morgan fingerprint density at radius 1 is 1.28 bits per heavy atom. The van der Waals surface area contributed by atoms with Crippen LogP contribution in [-0.4, -0.2) is 15.6 Å². The third kappa shape index (κ3) is 1.92. The van der Waals surface area contributed by atoms with Crippen LogP contribution in [0.15, 0.2) is 18.3 Å². The lowest BCUT2D eigenvalue weighted by Crippen LogP contribution is -2.09. The molecule has 0 amide bonds. The van der Waals surface area contributed by atoms with Gasteiger partial charge in [-0.3, -0.25) is 9.48 Å². The second kappa shape index (κ2) is 4.33. The van der Waals surface area contributed by atoms with Gasteiger partial charge in [0.2, 0.25) is 5.78 Å².